The van der Waals surface area contributed by atoms with E-state index < -0.39 is 0 Å². The normalized spacial score (nSPS) is 17.1. The predicted octanol–water partition coefficient (Wildman–Crippen LogP) is 2.62. The van der Waals surface area contributed by atoms with E-state index in [-0.39, 0.29) is 6.10 Å². The Morgan fingerprint density at radius 1 is 1.29 bits per heavy atom. The molecule has 0 unspecified atom stereocenters. The van der Waals surface area contributed by atoms with Gasteiger partial charge in [-0.05, 0) is 26.2 Å². The Balaban J connectivity index is 1.77. The first-order chi connectivity index (χ1) is 11.9. The predicted molar refractivity (Wildman–Crippen MR) is 90.6 cm³/mol. The van der Waals surface area contributed by atoms with Gasteiger partial charge in [-0.25, -0.2) is 9.97 Å². The van der Waals surface area contributed by atoms with Gasteiger partial charge in [0.2, 0.25) is 5.95 Å². The molecule has 0 saturated carbocycles. The van der Waals surface area contributed by atoms with Crippen LogP contribution in [-0.2, 0) is 9.47 Å². The summed E-state index contributed by atoms with van der Waals surface area (Å²) in [5, 5.41) is 3.25. The van der Waals surface area contributed by atoms with Crippen LogP contribution in [-0.4, -0.2) is 46.3 Å². The number of hydrogen-bond acceptors (Lipinski definition) is 7. The Kier molecular flexibility index (Phi) is 6.03. The first-order valence-electron chi connectivity index (χ1n) is 8.45. The van der Waals surface area contributed by atoms with Crippen molar-refractivity contribution < 1.29 is 9.47 Å². The molecular weight excluding hydrogens is 306 g/mol. The highest BCUT2D eigenvalue weighted by molar-refractivity contribution is 5.61. The molecule has 128 valence electrons. The lowest BCUT2D eigenvalue weighted by Crippen LogP contribution is -2.11. The highest BCUT2D eigenvalue weighted by atomic mass is 16.5. The maximum absolute atomic E-state index is 5.83. The smallest absolute Gasteiger partial charge is 0.222 e. The first kappa shape index (κ1) is 16.7. The van der Waals surface area contributed by atoms with Crippen molar-refractivity contribution in [3.05, 3.63) is 30.5 Å². The van der Waals surface area contributed by atoms with Crippen molar-refractivity contribution in [3.8, 4) is 11.3 Å². The summed E-state index contributed by atoms with van der Waals surface area (Å²) in [7, 11) is 0. The molecule has 1 N–H and O–H groups in total. The van der Waals surface area contributed by atoms with E-state index in [0.717, 1.165) is 62.6 Å². The zero-order chi connectivity index (χ0) is 16.6. The topological polar surface area (TPSA) is 82.0 Å². The quantitative estimate of drug-likeness (QED) is 0.745. The van der Waals surface area contributed by atoms with Gasteiger partial charge in [0.15, 0.2) is 0 Å². The van der Waals surface area contributed by atoms with Crippen molar-refractivity contribution in [2.75, 3.05) is 31.7 Å². The maximum Gasteiger partial charge on any atom is 0.222 e. The van der Waals surface area contributed by atoms with Crippen LogP contribution in [0.3, 0.4) is 0 Å². The second kappa shape index (κ2) is 8.65. The van der Waals surface area contributed by atoms with Gasteiger partial charge < -0.3 is 14.8 Å². The molecule has 7 heteroatoms. The van der Waals surface area contributed by atoms with E-state index in [2.05, 4.69) is 20.3 Å². The molecule has 7 nitrogen and oxygen atoms in total. The molecule has 1 aliphatic heterocycles. The van der Waals surface area contributed by atoms with Crippen LogP contribution < -0.4 is 5.32 Å². The minimum absolute atomic E-state index is 0.00557. The lowest BCUT2D eigenvalue weighted by molar-refractivity contribution is 0.109. The van der Waals surface area contributed by atoms with Crippen LogP contribution >= 0.6 is 0 Å². The van der Waals surface area contributed by atoms with Crippen LogP contribution in [0, 0.1) is 0 Å². The van der Waals surface area contributed by atoms with Crippen LogP contribution in [0.25, 0.3) is 11.3 Å². The molecule has 1 atom stereocenters. The average molecular weight is 329 g/mol. The SMILES string of the molecule is CCOCCCNc1ncc(-c2cnccn2)c([C@@H]2CCCO2)n1. The first-order valence-corrected chi connectivity index (χ1v) is 8.45. The Morgan fingerprint density at radius 3 is 3.00 bits per heavy atom. The third-order valence-corrected chi connectivity index (χ3v) is 3.84. The number of nitrogens with zero attached hydrogens (tertiary/aromatic N) is 4. The number of rotatable bonds is 8. The molecule has 0 bridgehead atoms. The Bertz CT molecular complexity index is 632. The van der Waals surface area contributed by atoms with Crippen LogP contribution in [0.15, 0.2) is 24.8 Å². The number of hydrogen-bond donors (Lipinski definition) is 1. The van der Waals surface area contributed by atoms with Gasteiger partial charge >= 0.3 is 0 Å². The van der Waals surface area contributed by atoms with Gasteiger partial charge in [-0.15, -0.1) is 0 Å². The summed E-state index contributed by atoms with van der Waals surface area (Å²) in [6, 6.07) is 0. The van der Waals surface area contributed by atoms with Crippen molar-refractivity contribution >= 4 is 5.95 Å². The zero-order valence-corrected chi connectivity index (χ0v) is 13.9. The average Bonchev–Trinajstić information content (AvgIpc) is 3.17. The fourth-order valence-electron chi connectivity index (χ4n) is 2.67. The van der Waals surface area contributed by atoms with Gasteiger partial charge in [-0.2, -0.15) is 0 Å². The Morgan fingerprint density at radius 2 is 2.25 bits per heavy atom. The molecule has 3 heterocycles. The molecule has 0 aliphatic carbocycles. The van der Waals surface area contributed by atoms with Crippen molar-refractivity contribution in [1.29, 1.82) is 0 Å². The third kappa shape index (κ3) is 4.24. The number of aromatic nitrogens is 4. The molecule has 2 aromatic heterocycles. The van der Waals surface area contributed by atoms with Crippen molar-refractivity contribution in [2.45, 2.75) is 32.3 Å². The molecule has 0 spiro atoms. The molecular formula is C17H23N5O2. The number of nitrogens with one attached hydrogen (secondary N) is 1. The molecule has 1 fully saturated rings. The lowest BCUT2D eigenvalue weighted by atomic mass is 10.1. The standard InChI is InChI=1S/C17H23N5O2/c1-2-23-9-4-6-20-17-21-11-13(14-12-18-7-8-19-14)16(22-17)15-5-3-10-24-15/h7-8,11-12,15H,2-6,9-10H2,1H3,(H,20,21,22)/t15-/m0/s1. The lowest BCUT2D eigenvalue weighted by Gasteiger charge is -2.15. The summed E-state index contributed by atoms with van der Waals surface area (Å²) in [5.41, 5.74) is 2.54. The number of anilines is 1. The van der Waals surface area contributed by atoms with Gasteiger partial charge in [-0.3, -0.25) is 9.97 Å². The summed E-state index contributed by atoms with van der Waals surface area (Å²) in [5.74, 6) is 0.615. The Hall–Kier alpha value is -2.12. The minimum Gasteiger partial charge on any atom is -0.382 e. The van der Waals surface area contributed by atoms with Gasteiger partial charge in [0.25, 0.3) is 0 Å². The van der Waals surface area contributed by atoms with Crippen LogP contribution in [0.5, 0.6) is 0 Å². The largest absolute Gasteiger partial charge is 0.382 e. The van der Waals surface area contributed by atoms with E-state index in [0.29, 0.717) is 5.95 Å². The monoisotopic (exact) mass is 329 g/mol. The summed E-state index contributed by atoms with van der Waals surface area (Å²) < 4.78 is 11.2. The fourth-order valence-corrected chi connectivity index (χ4v) is 2.67. The van der Waals surface area contributed by atoms with Crippen molar-refractivity contribution in [1.82, 2.24) is 19.9 Å². The number of ether oxygens (including phenoxy) is 2. The highest BCUT2D eigenvalue weighted by Crippen LogP contribution is 2.33. The van der Waals surface area contributed by atoms with Gasteiger partial charge in [0.1, 0.15) is 6.10 Å². The molecule has 1 aliphatic rings. The molecule has 3 rings (SSSR count). The summed E-state index contributed by atoms with van der Waals surface area (Å²) >= 11 is 0. The highest BCUT2D eigenvalue weighted by Gasteiger charge is 2.24. The van der Waals surface area contributed by atoms with E-state index in [9.17, 15) is 0 Å². The maximum atomic E-state index is 5.83. The second-order valence-electron chi connectivity index (χ2n) is 5.56. The van der Waals surface area contributed by atoms with Crippen LogP contribution in [0.1, 0.15) is 38.0 Å². The molecule has 0 amide bonds. The van der Waals surface area contributed by atoms with E-state index in [1.165, 1.54) is 0 Å². The van der Waals surface area contributed by atoms with E-state index in [1.54, 1.807) is 24.8 Å². The molecule has 0 radical (unpaired) electrons. The third-order valence-electron chi connectivity index (χ3n) is 3.84. The van der Waals surface area contributed by atoms with E-state index >= 15 is 0 Å². The Labute approximate surface area is 141 Å². The summed E-state index contributed by atoms with van der Waals surface area (Å²) in [4.78, 5) is 17.6. The molecule has 1 saturated heterocycles. The zero-order valence-electron chi connectivity index (χ0n) is 13.9. The van der Waals surface area contributed by atoms with Gasteiger partial charge in [-0.1, -0.05) is 0 Å². The van der Waals surface area contributed by atoms with Crippen LogP contribution in [0.2, 0.25) is 0 Å². The fraction of sp³-hybridized carbons (Fsp3) is 0.529. The van der Waals surface area contributed by atoms with Crippen LogP contribution in [0.4, 0.5) is 5.95 Å². The minimum atomic E-state index is -0.00557. The van der Waals surface area contributed by atoms with E-state index in [1.807, 2.05) is 6.92 Å². The molecule has 24 heavy (non-hydrogen) atoms. The van der Waals surface area contributed by atoms with Crippen molar-refractivity contribution in [3.63, 3.8) is 0 Å². The van der Waals surface area contributed by atoms with Gasteiger partial charge in [0.05, 0.1) is 17.6 Å². The summed E-state index contributed by atoms with van der Waals surface area (Å²) in [6.45, 7) is 5.02. The molecule has 2 aromatic rings. The van der Waals surface area contributed by atoms with Gasteiger partial charge in [0, 0.05) is 50.5 Å². The summed E-state index contributed by atoms with van der Waals surface area (Å²) in [6.07, 6.45) is 9.79. The molecule has 0 aromatic carbocycles. The van der Waals surface area contributed by atoms with E-state index in [4.69, 9.17) is 14.5 Å². The second-order valence-corrected chi connectivity index (χ2v) is 5.56. The van der Waals surface area contributed by atoms with Crippen molar-refractivity contribution in [2.24, 2.45) is 0 Å².